The molecule has 114 valence electrons. The number of nitrogens with one attached hydrogen (secondary N) is 1. The van der Waals surface area contributed by atoms with Crippen LogP contribution < -0.4 is 5.32 Å². The number of hydrogen-bond donors (Lipinski definition) is 1. The second-order valence-corrected chi connectivity index (χ2v) is 5.95. The summed E-state index contributed by atoms with van der Waals surface area (Å²) in [7, 11) is 0. The van der Waals surface area contributed by atoms with Crippen molar-refractivity contribution in [2.24, 2.45) is 0 Å². The van der Waals surface area contributed by atoms with Gasteiger partial charge in [-0.2, -0.15) is 0 Å². The van der Waals surface area contributed by atoms with Crippen molar-refractivity contribution in [3.05, 3.63) is 23.0 Å². The summed E-state index contributed by atoms with van der Waals surface area (Å²) in [5, 5.41) is 3.51. The standard InChI is InChI=1S/C17H30N2O/c1-4-19-14(2)12-16(15(19)3)13-18-10-11-20-17-8-6-5-7-9-17/h12,17-18H,4-11,13H2,1-3H3. The molecule has 1 N–H and O–H groups in total. The van der Waals surface area contributed by atoms with Crippen LogP contribution in [0, 0.1) is 13.8 Å². The van der Waals surface area contributed by atoms with Crippen LogP contribution in [0.2, 0.25) is 0 Å². The molecule has 1 heterocycles. The van der Waals surface area contributed by atoms with E-state index in [1.165, 1.54) is 49.1 Å². The molecule has 0 saturated heterocycles. The first-order chi connectivity index (χ1) is 9.72. The van der Waals surface area contributed by atoms with Crippen LogP contribution in [0.15, 0.2) is 6.07 Å². The zero-order chi connectivity index (χ0) is 14.4. The summed E-state index contributed by atoms with van der Waals surface area (Å²) >= 11 is 0. The topological polar surface area (TPSA) is 26.2 Å². The molecule has 1 saturated carbocycles. The third kappa shape index (κ3) is 4.10. The van der Waals surface area contributed by atoms with E-state index < -0.39 is 0 Å². The molecule has 3 nitrogen and oxygen atoms in total. The average molecular weight is 278 g/mol. The molecular weight excluding hydrogens is 248 g/mol. The summed E-state index contributed by atoms with van der Waals surface area (Å²) in [6.45, 7) is 10.4. The van der Waals surface area contributed by atoms with Gasteiger partial charge in [-0.1, -0.05) is 19.3 Å². The molecule has 1 aromatic heterocycles. The fourth-order valence-corrected chi connectivity index (χ4v) is 3.29. The van der Waals surface area contributed by atoms with E-state index >= 15 is 0 Å². The second-order valence-electron chi connectivity index (χ2n) is 5.95. The zero-order valence-corrected chi connectivity index (χ0v) is 13.4. The smallest absolute Gasteiger partial charge is 0.0594 e. The zero-order valence-electron chi connectivity index (χ0n) is 13.4. The lowest BCUT2D eigenvalue weighted by atomic mass is 9.98. The lowest BCUT2D eigenvalue weighted by molar-refractivity contribution is 0.0302. The summed E-state index contributed by atoms with van der Waals surface area (Å²) in [4.78, 5) is 0. The van der Waals surface area contributed by atoms with E-state index in [1.807, 2.05) is 0 Å². The molecular formula is C17H30N2O. The Hall–Kier alpha value is -0.800. The third-order valence-corrected chi connectivity index (χ3v) is 4.49. The number of hydrogen-bond acceptors (Lipinski definition) is 2. The van der Waals surface area contributed by atoms with Gasteiger partial charge in [0.2, 0.25) is 0 Å². The Balaban J connectivity index is 1.65. The first-order valence-corrected chi connectivity index (χ1v) is 8.20. The molecule has 0 aliphatic heterocycles. The first-order valence-electron chi connectivity index (χ1n) is 8.20. The predicted molar refractivity (Wildman–Crippen MR) is 84.1 cm³/mol. The van der Waals surface area contributed by atoms with Crippen molar-refractivity contribution in [2.75, 3.05) is 13.2 Å². The summed E-state index contributed by atoms with van der Waals surface area (Å²) in [5.41, 5.74) is 4.17. The van der Waals surface area contributed by atoms with E-state index in [-0.39, 0.29) is 0 Å². The highest BCUT2D eigenvalue weighted by Gasteiger charge is 2.13. The number of aryl methyl sites for hydroxylation is 1. The molecule has 1 aliphatic rings. The lowest BCUT2D eigenvalue weighted by Gasteiger charge is -2.22. The maximum atomic E-state index is 5.93. The fourth-order valence-electron chi connectivity index (χ4n) is 3.29. The Bertz CT molecular complexity index is 405. The number of rotatable bonds is 7. The maximum Gasteiger partial charge on any atom is 0.0594 e. The van der Waals surface area contributed by atoms with Crippen LogP contribution in [-0.4, -0.2) is 23.8 Å². The highest BCUT2D eigenvalue weighted by Crippen LogP contribution is 2.20. The van der Waals surface area contributed by atoms with Crippen molar-refractivity contribution >= 4 is 0 Å². The van der Waals surface area contributed by atoms with Crippen LogP contribution in [0.4, 0.5) is 0 Å². The van der Waals surface area contributed by atoms with Crippen molar-refractivity contribution in [3.63, 3.8) is 0 Å². The molecule has 3 heteroatoms. The van der Waals surface area contributed by atoms with Gasteiger partial charge in [-0.15, -0.1) is 0 Å². The van der Waals surface area contributed by atoms with E-state index in [1.54, 1.807) is 0 Å². The van der Waals surface area contributed by atoms with Crippen molar-refractivity contribution in [1.82, 2.24) is 9.88 Å². The Morgan fingerprint density at radius 3 is 2.65 bits per heavy atom. The van der Waals surface area contributed by atoms with Gasteiger partial charge in [-0.25, -0.2) is 0 Å². The minimum Gasteiger partial charge on any atom is -0.377 e. The quantitative estimate of drug-likeness (QED) is 0.772. The van der Waals surface area contributed by atoms with Crippen LogP contribution >= 0.6 is 0 Å². The van der Waals surface area contributed by atoms with E-state index in [0.29, 0.717) is 6.10 Å². The van der Waals surface area contributed by atoms with Gasteiger partial charge in [0, 0.05) is 31.0 Å². The molecule has 0 radical (unpaired) electrons. The van der Waals surface area contributed by atoms with Crippen molar-refractivity contribution in [1.29, 1.82) is 0 Å². The van der Waals surface area contributed by atoms with Crippen LogP contribution in [0.25, 0.3) is 0 Å². The number of aromatic nitrogens is 1. The number of ether oxygens (including phenoxy) is 1. The van der Waals surface area contributed by atoms with Crippen molar-refractivity contribution < 1.29 is 4.74 Å². The van der Waals surface area contributed by atoms with E-state index in [0.717, 1.165) is 26.2 Å². The highest BCUT2D eigenvalue weighted by molar-refractivity contribution is 5.26. The van der Waals surface area contributed by atoms with Crippen LogP contribution in [0.3, 0.4) is 0 Å². The molecule has 0 spiro atoms. The number of nitrogens with zero attached hydrogens (tertiary/aromatic N) is 1. The molecule has 0 aromatic carbocycles. The van der Waals surface area contributed by atoms with Crippen molar-refractivity contribution in [2.45, 2.75) is 72.1 Å². The largest absolute Gasteiger partial charge is 0.377 e. The summed E-state index contributed by atoms with van der Waals surface area (Å²) in [5.74, 6) is 0. The van der Waals surface area contributed by atoms with Gasteiger partial charge < -0.3 is 14.6 Å². The summed E-state index contributed by atoms with van der Waals surface area (Å²) in [6, 6.07) is 2.30. The van der Waals surface area contributed by atoms with Gasteiger partial charge in [-0.3, -0.25) is 0 Å². The third-order valence-electron chi connectivity index (χ3n) is 4.49. The Labute approximate surface area is 123 Å². The SMILES string of the molecule is CCn1c(C)cc(CNCCOC2CCCCC2)c1C. The molecule has 1 aliphatic carbocycles. The second kappa shape index (κ2) is 7.84. The predicted octanol–water partition coefficient (Wildman–Crippen LogP) is 3.56. The van der Waals surface area contributed by atoms with E-state index in [2.05, 4.69) is 36.7 Å². The van der Waals surface area contributed by atoms with E-state index in [9.17, 15) is 0 Å². The monoisotopic (exact) mass is 278 g/mol. The normalized spacial score (nSPS) is 16.8. The van der Waals surface area contributed by atoms with Crippen LogP contribution in [-0.2, 0) is 17.8 Å². The van der Waals surface area contributed by atoms with Crippen LogP contribution in [0.5, 0.6) is 0 Å². The Kier molecular flexibility index (Phi) is 6.11. The molecule has 20 heavy (non-hydrogen) atoms. The minimum atomic E-state index is 0.524. The molecule has 1 aromatic rings. The van der Waals surface area contributed by atoms with E-state index in [4.69, 9.17) is 4.74 Å². The van der Waals surface area contributed by atoms with Crippen molar-refractivity contribution in [3.8, 4) is 0 Å². The molecule has 0 atom stereocenters. The van der Waals surface area contributed by atoms with Gasteiger partial charge in [0.25, 0.3) is 0 Å². The summed E-state index contributed by atoms with van der Waals surface area (Å²) in [6.07, 6.45) is 7.14. The fraction of sp³-hybridized carbons (Fsp3) is 0.765. The van der Waals surface area contributed by atoms with Gasteiger partial charge in [0.05, 0.1) is 12.7 Å². The molecule has 0 bridgehead atoms. The van der Waals surface area contributed by atoms with Gasteiger partial charge >= 0.3 is 0 Å². The molecule has 1 fully saturated rings. The average Bonchev–Trinajstić information content (AvgIpc) is 2.74. The first kappa shape index (κ1) is 15.6. The molecule has 0 unspecified atom stereocenters. The summed E-state index contributed by atoms with van der Waals surface area (Å²) < 4.78 is 8.30. The highest BCUT2D eigenvalue weighted by atomic mass is 16.5. The van der Waals surface area contributed by atoms with Gasteiger partial charge in [0.15, 0.2) is 0 Å². The molecule has 0 amide bonds. The van der Waals surface area contributed by atoms with Crippen LogP contribution in [0.1, 0.15) is 56.0 Å². The van der Waals surface area contributed by atoms with Gasteiger partial charge in [-0.05, 0) is 45.2 Å². The lowest BCUT2D eigenvalue weighted by Crippen LogP contribution is -2.24. The molecule has 2 rings (SSSR count). The maximum absolute atomic E-state index is 5.93. The Morgan fingerprint density at radius 1 is 1.25 bits per heavy atom. The minimum absolute atomic E-state index is 0.524. The Morgan fingerprint density at radius 2 is 2.00 bits per heavy atom. The van der Waals surface area contributed by atoms with Gasteiger partial charge in [0.1, 0.15) is 0 Å².